The molecular weight excluding hydrogens is 226 g/mol. The predicted octanol–water partition coefficient (Wildman–Crippen LogP) is 2.93. The van der Waals surface area contributed by atoms with Gasteiger partial charge in [0.05, 0.1) is 0 Å². The number of carbonyl (C=O) groups excluding carboxylic acids is 2. The maximum Gasteiger partial charge on any atom is 0.223 e. The van der Waals surface area contributed by atoms with Crippen LogP contribution in [0, 0.1) is 17.3 Å². The summed E-state index contributed by atoms with van der Waals surface area (Å²) in [5.41, 5.74) is -0.205. The summed E-state index contributed by atoms with van der Waals surface area (Å²) in [5.74, 6) is 0.849. The maximum atomic E-state index is 12.4. The van der Waals surface area contributed by atoms with Gasteiger partial charge in [-0.3, -0.25) is 9.59 Å². The highest BCUT2D eigenvalue weighted by Gasteiger charge is 2.35. The minimum Gasteiger partial charge on any atom is -0.356 e. The summed E-state index contributed by atoms with van der Waals surface area (Å²) in [6, 6.07) is 0. The first kappa shape index (κ1) is 15.2. The number of ketones is 1. The molecule has 0 aromatic rings. The molecule has 0 aromatic heterocycles. The van der Waals surface area contributed by atoms with E-state index in [2.05, 4.69) is 12.2 Å². The molecule has 1 saturated carbocycles. The van der Waals surface area contributed by atoms with E-state index in [1.807, 2.05) is 20.8 Å². The van der Waals surface area contributed by atoms with Crippen LogP contribution < -0.4 is 5.32 Å². The molecule has 0 atom stereocenters. The number of carbonyl (C=O) groups is 2. The number of rotatable bonds is 5. The van der Waals surface area contributed by atoms with E-state index < -0.39 is 0 Å². The number of Topliss-reactive ketones (excluding diaryl/α,β-unsaturated/α-hetero) is 1. The minimum absolute atomic E-state index is 0.124. The van der Waals surface area contributed by atoms with Crippen LogP contribution in [0.1, 0.15) is 59.8 Å². The third kappa shape index (κ3) is 3.56. The van der Waals surface area contributed by atoms with Crippen LogP contribution >= 0.6 is 0 Å². The third-order valence-electron chi connectivity index (χ3n) is 4.37. The second-order valence-corrected chi connectivity index (χ2v) is 6.04. The van der Waals surface area contributed by atoms with E-state index in [0.29, 0.717) is 12.3 Å². The highest BCUT2D eigenvalue weighted by atomic mass is 16.2. The Balaban J connectivity index is 2.49. The Morgan fingerprint density at radius 1 is 1.06 bits per heavy atom. The number of nitrogens with one attached hydrogen (secondary N) is 1. The van der Waals surface area contributed by atoms with Crippen LogP contribution in [0.5, 0.6) is 0 Å². The highest BCUT2D eigenvalue weighted by Crippen LogP contribution is 2.35. The molecule has 0 unspecified atom stereocenters. The van der Waals surface area contributed by atoms with E-state index >= 15 is 0 Å². The van der Waals surface area contributed by atoms with Crippen molar-refractivity contribution < 1.29 is 9.59 Å². The summed E-state index contributed by atoms with van der Waals surface area (Å²) < 4.78 is 0. The van der Waals surface area contributed by atoms with Gasteiger partial charge in [0, 0.05) is 23.8 Å². The van der Waals surface area contributed by atoms with E-state index in [4.69, 9.17) is 0 Å². The Bertz CT molecular complexity index is 302. The summed E-state index contributed by atoms with van der Waals surface area (Å²) in [5, 5.41) is 2.88. The van der Waals surface area contributed by atoms with Crippen LogP contribution in [0.4, 0.5) is 0 Å². The molecule has 0 aliphatic heterocycles. The van der Waals surface area contributed by atoms with Gasteiger partial charge < -0.3 is 5.32 Å². The smallest absolute Gasteiger partial charge is 0.223 e. The van der Waals surface area contributed by atoms with Crippen LogP contribution in [-0.2, 0) is 9.59 Å². The van der Waals surface area contributed by atoms with Gasteiger partial charge in [-0.1, -0.05) is 20.8 Å². The Kier molecular flexibility index (Phi) is 5.36. The van der Waals surface area contributed by atoms with Gasteiger partial charge in [-0.15, -0.1) is 0 Å². The van der Waals surface area contributed by atoms with E-state index in [1.54, 1.807) is 0 Å². The van der Waals surface area contributed by atoms with Crippen molar-refractivity contribution in [2.45, 2.75) is 59.8 Å². The van der Waals surface area contributed by atoms with Crippen molar-refractivity contribution in [1.29, 1.82) is 0 Å². The lowest BCUT2D eigenvalue weighted by atomic mass is 9.72. The Labute approximate surface area is 111 Å². The van der Waals surface area contributed by atoms with Crippen molar-refractivity contribution in [3.05, 3.63) is 0 Å². The molecule has 104 valence electrons. The molecule has 1 amide bonds. The van der Waals surface area contributed by atoms with Gasteiger partial charge in [-0.05, 0) is 39.0 Å². The van der Waals surface area contributed by atoms with Crippen LogP contribution in [0.15, 0.2) is 0 Å². The number of hydrogen-bond donors (Lipinski definition) is 1. The van der Waals surface area contributed by atoms with Gasteiger partial charge in [0.15, 0.2) is 0 Å². The highest BCUT2D eigenvalue weighted by molar-refractivity contribution is 5.86. The topological polar surface area (TPSA) is 46.2 Å². The zero-order valence-corrected chi connectivity index (χ0v) is 12.2. The van der Waals surface area contributed by atoms with Crippen molar-refractivity contribution in [1.82, 2.24) is 5.32 Å². The number of amides is 1. The minimum atomic E-state index is -0.205. The summed E-state index contributed by atoms with van der Waals surface area (Å²) >= 11 is 0. The summed E-state index contributed by atoms with van der Waals surface area (Å²) in [6.45, 7) is 8.77. The SMILES string of the molecule is CCNC(=O)C1CCC(C(=O)C(C)(C)CC)CC1. The average Bonchev–Trinajstić information content (AvgIpc) is 2.38. The Morgan fingerprint density at radius 2 is 1.56 bits per heavy atom. The monoisotopic (exact) mass is 253 g/mol. The van der Waals surface area contributed by atoms with E-state index in [9.17, 15) is 9.59 Å². The fraction of sp³-hybridized carbons (Fsp3) is 0.867. The second kappa shape index (κ2) is 6.35. The van der Waals surface area contributed by atoms with Crippen LogP contribution in [0.25, 0.3) is 0 Å². The predicted molar refractivity (Wildman–Crippen MR) is 73.2 cm³/mol. The van der Waals surface area contributed by atoms with Crippen LogP contribution in [-0.4, -0.2) is 18.2 Å². The molecule has 0 heterocycles. The van der Waals surface area contributed by atoms with Crippen molar-refractivity contribution in [2.75, 3.05) is 6.54 Å². The zero-order valence-electron chi connectivity index (χ0n) is 12.2. The molecule has 1 N–H and O–H groups in total. The van der Waals surface area contributed by atoms with E-state index in [0.717, 1.165) is 32.1 Å². The van der Waals surface area contributed by atoms with Gasteiger partial charge in [-0.2, -0.15) is 0 Å². The molecule has 1 rings (SSSR count). The van der Waals surface area contributed by atoms with E-state index in [-0.39, 0.29) is 23.2 Å². The van der Waals surface area contributed by atoms with Crippen molar-refractivity contribution in [3.63, 3.8) is 0 Å². The average molecular weight is 253 g/mol. The molecule has 3 nitrogen and oxygen atoms in total. The van der Waals surface area contributed by atoms with Gasteiger partial charge in [-0.25, -0.2) is 0 Å². The first-order chi connectivity index (χ1) is 8.42. The Hall–Kier alpha value is -0.860. The number of hydrogen-bond acceptors (Lipinski definition) is 2. The molecule has 3 heteroatoms. The molecule has 0 bridgehead atoms. The van der Waals surface area contributed by atoms with Gasteiger partial charge >= 0.3 is 0 Å². The summed E-state index contributed by atoms with van der Waals surface area (Å²) in [6.07, 6.45) is 4.38. The van der Waals surface area contributed by atoms with Gasteiger partial charge in [0.2, 0.25) is 5.91 Å². The fourth-order valence-electron chi connectivity index (χ4n) is 2.66. The third-order valence-corrected chi connectivity index (χ3v) is 4.37. The van der Waals surface area contributed by atoms with Gasteiger partial charge in [0.1, 0.15) is 5.78 Å². The lowest BCUT2D eigenvalue weighted by molar-refractivity contribution is -0.134. The van der Waals surface area contributed by atoms with Crippen LogP contribution in [0.3, 0.4) is 0 Å². The molecule has 0 aromatic carbocycles. The summed E-state index contributed by atoms with van der Waals surface area (Å²) in [7, 11) is 0. The fourth-order valence-corrected chi connectivity index (χ4v) is 2.66. The van der Waals surface area contributed by atoms with Crippen molar-refractivity contribution >= 4 is 11.7 Å². The molecule has 1 fully saturated rings. The van der Waals surface area contributed by atoms with Crippen molar-refractivity contribution in [2.24, 2.45) is 17.3 Å². The van der Waals surface area contributed by atoms with Crippen LogP contribution in [0.2, 0.25) is 0 Å². The molecule has 1 aliphatic carbocycles. The molecule has 1 aliphatic rings. The van der Waals surface area contributed by atoms with Gasteiger partial charge in [0.25, 0.3) is 0 Å². The summed E-state index contributed by atoms with van der Waals surface area (Å²) in [4.78, 5) is 24.1. The molecule has 18 heavy (non-hydrogen) atoms. The molecule has 0 spiro atoms. The first-order valence-electron chi connectivity index (χ1n) is 7.24. The zero-order chi connectivity index (χ0) is 13.8. The molecule has 0 saturated heterocycles. The van der Waals surface area contributed by atoms with E-state index in [1.165, 1.54) is 0 Å². The lowest BCUT2D eigenvalue weighted by Crippen LogP contribution is -2.37. The molecular formula is C15H27NO2. The molecule has 0 radical (unpaired) electrons. The lowest BCUT2D eigenvalue weighted by Gasteiger charge is -2.32. The standard InChI is InChI=1S/C15H27NO2/c1-5-15(3,4)13(17)11-7-9-12(10-8-11)14(18)16-6-2/h11-12H,5-10H2,1-4H3,(H,16,18). The first-order valence-corrected chi connectivity index (χ1v) is 7.24. The quantitative estimate of drug-likeness (QED) is 0.819. The normalized spacial score (nSPS) is 24.7. The Morgan fingerprint density at radius 3 is 2.00 bits per heavy atom. The largest absolute Gasteiger partial charge is 0.356 e. The second-order valence-electron chi connectivity index (χ2n) is 6.04. The van der Waals surface area contributed by atoms with Crippen molar-refractivity contribution in [3.8, 4) is 0 Å². The maximum absolute atomic E-state index is 12.4.